The third-order valence-electron chi connectivity index (χ3n) is 4.04. The van der Waals surface area contributed by atoms with Crippen LogP contribution in [0.4, 0.5) is 4.79 Å². The quantitative estimate of drug-likeness (QED) is 0.383. The molecule has 1 fully saturated rings. The average Bonchev–Trinajstić information content (AvgIpc) is 3.25. The maximum atomic E-state index is 12.7. The molecule has 2 aromatic carbocycles. The SMILES string of the molecule is O=C1S/C(=C\c2ccc(Sc3ccc(Cl)cc3)o2)C(=O)N1Cc1ccc(Cl)cc1. The third kappa shape index (κ3) is 4.90. The second kappa shape index (κ2) is 8.71. The molecule has 0 aliphatic carbocycles. The molecule has 2 heterocycles. The van der Waals surface area contributed by atoms with E-state index >= 15 is 0 Å². The molecule has 29 heavy (non-hydrogen) atoms. The lowest BCUT2D eigenvalue weighted by atomic mass is 10.2. The van der Waals surface area contributed by atoms with E-state index in [0.29, 0.717) is 25.8 Å². The van der Waals surface area contributed by atoms with Gasteiger partial charge in [-0.3, -0.25) is 14.5 Å². The molecule has 0 bridgehead atoms. The topological polar surface area (TPSA) is 50.5 Å². The van der Waals surface area contributed by atoms with Gasteiger partial charge in [-0.15, -0.1) is 0 Å². The molecular weight excluding hydrogens is 449 g/mol. The first-order chi connectivity index (χ1) is 14.0. The van der Waals surface area contributed by atoms with Crippen LogP contribution < -0.4 is 0 Å². The number of thioether (sulfide) groups is 1. The van der Waals surface area contributed by atoms with Gasteiger partial charge in [-0.1, -0.05) is 47.1 Å². The van der Waals surface area contributed by atoms with Crippen molar-refractivity contribution in [1.29, 1.82) is 0 Å². The Hall–Kier alpha value is -2.12. The van der Waals surface area contributed by atoms with Gasteiger partial charge in [0.1, 0.15) is 5.76 Å². The van der Waals surface area contributed by atoms with E-state index < -0.39 is 0 Å². The number of carbonyl (C=O) groups excluding carboxylic acids is 2. The van der Waals surface area contributed by atoms with Crippen LogP contribution in [-0.4, -0.2) is 16.0 Å². The van der Waals surface area contributed by atoms with E-state index in [-0.39, 0.29) is 17.7 Å². The van der Waals surface area contributed by atoms with Crippen molar-refractivity contribution in [3.63, 3.8) is 0 Å². The van der Waals surface area contributed by atoms with Gasteiger partial charge in [-0.05, 0) is 65.9 Å². The minimum Gasteiger partial charge on any atom is -0.450 e. The molecule has 0 unspecified atom stereocenters. The van der Waals surface area contributed by atoms with Crippen LogP contribution in [0.5, 0.6) is 0 Å². The summed E-state index contributed by atoms with van der Waals surface area (Å²) in [5, 5.41) is 1.65. The number of nitrogens with zero attached hydrogens (tertiary/aromatic N) is 1. The Morgan fingerprint density at radius 2 is 1.59 bits per heavy atom. The summed E-state index contributed by atoms with van der Waals surface area (Å²) in [6.45, 7) is 0.203. The maximum Gasteiger partial charge on any atom is 0.293 e. The van der Waals surface area contributed by atoms with Crippen LogP contribution in [0.15, 0.2) is 80.0 Å². The predicted octanol–water partition coefficient (Wildman–Crippen LogP) is 6.97. The fraction of sp³-hybridized carbons (Fsp3) is 0.0476. The van der Waals surface area contributed by atoms with E-state index in [0.717, 1.165) is 22.2 Å². The van der Waals surface area contributed by atoms with Crippen molar-refractivity contribution in [1.82, 2.24) is 4.90 Å². The Bertz CT molecular complexity index is 1090. The van der Waals surface area contributed by atoms with Crippen LogP contribution in [0.25, 0.3) is 6.08 Å². The molecule has 1 saturated heterocycles. The number of amides is 2. The van der Waals surface area contributed by atoms with Crippen LogP contribution in [0.3, 0.4) is 0 Å². The lowest BCUT2D eigenvalue weighted by molar-refractivity contribution is -0.123. The van der Waals surface area contributed by atoms with E-state index in [2.05, 4.69) is 0 Å². The molecular formula is C21H13Cl2NO3S2. The molecule has 4 nitrogen and oxygen atoms in total. The Labute approximate surface area is 185 Å². The molecule has 4 rings (SSSR count). The highest BCUT2D eigenvalue weighted by Crippen LogP contribution is 2.35. The summed E-state index contributed by atoms with van der Waals surface area (Å²) in [6, 6.07) is 18.1. The van der Waals surface area contributed by atoms with E-state index in [1.165, 1.54) is 16.7 Å². The number of halogens is 2. The van der Waals surface area contributed by atoms with Crippen molar-refractivity contribution in [3.05, 3.63) is 86.9 Å². The zero-order valence-corrected chi connectivity index (χ0v) is 17.9. The van der Waals surface area contributed by atoms with Gasteiger partial charge in [0.15, 0.2) is 5.09 Å². The van der Waals surface area contributed by atoms with Crippen LogP contribution in [-0.2, 0) is 11.3 Å². The van der Waals surface area contributed by atoms with Gasteiger partial charge in [0.2, 0.25) is 0 Å². The minimum absolute atomic E-state index is 0.203. The smallest absolute Gasteiger partial charge is 0.293 e. The van der Waals surface area contributed by atoms with Gasteiger partial charge in [-0.25, -0.2) is 0 Å². The molecule has 1 aliphatic rings. The van der Waals surface area contributed by atoms with E-state index in [1.807, 2.05) is 30.3 Å². The molecule has 0 radical (unpaired) electrons. The lowest BCUT2D eigenvalue weighted by Crippen LogP contribution is -2.27. The van der Waals surface area contributed by atoms with Crippen LogP contribution >= 0.6 is 46.7 Å². The summed E-state index contributed by atoms with van der Waals surface area (Å²) in [7, 11) is 0. The zero-order chi connectivity index (χ0) is 20.4. The van der Waals surface area contributed by atoms with Gasteiger partial charge in [0.05, 0.1) is 11.4 Å². The van der Waals surface area contributed by atoms with Crippen molar-refractivity contribution in [2.45, 2.75) is 16.5 Å². The predicted molar refractivity (Wildman–Crippen MR) is 117 cm³/mol. The van der Waals surface area contributed by atoms with Crippen molar-refractivity contribution < 1.29 is 14.0 Å². The monoisotopic (exact) mass is 461 g/mol. The highest BCUT2D eigenvalue weighted by Gasteiger charge is 2.35. The summed E-state index contributed by atoms with van der Waals surface area (Å²) in [4.78, 5) is 27.5. The maximum absolute atomic E-state index is 12.7. The zero-order valence-electron chi connectivity index (χ0n) is 14.8. The molecule has 1 aromatic heterocycles. The summed E-state index contributed by atoms with van der Waals surface area (Å²) < 4.78 is 5.77. The molecule has 1 aliphatic heterocycles. The fourth-order valence-electron chi connectivity index (χ4n) is 2.62. The van der Waals surface area contributed by atoms with Crippen molar-refractivity contribution in [2.75, 3.05) is 0 Å². The first-order valence-corrected chi connectivity index (χ1v) is 10.9. The van der Waals surface area contributed by atoms with Crippen LogP contribution in [0.2, 0.25) is 10.0 Å². The minimum atomic E-state index is -0.335. The second-order valence-electron chi connectivity index (χ2n) is 6.11. The number of rotatable bonds is 5. The normalized spacial score (nSPS) is 15.5. The summed E-state index contributed by atoms with van der Waals surface area (Å²) in [6.07, 6.45) is 1.60. The Balaban J connectivity index is 1.46. The van der Waals surface area contributed by atoms with E-state index in [9.17, 15) is 9.59 Å². The van der Waals surface area contributed by atoms with Crippen molar-refractivity contribution >= 4 is 63.9 Å². The molecule has 8 heteroatoms. The molecule has 2 amide bonds. The van der Waals surface area contributed by atoms with Gasteiger partial charge < -0.3 is 4.42 Å². The number of furan rings is 1. The van der Waals surface area contributed by atoms with Crippen molar-refractivity contribution in [3.8, 4) is 0 Å². The van der Waals surface area contributed by atoms with Crippen LogP contribution in [0.1, 0.15) is 11.3 Å². The number of imide groups is 1. The number of hydrogen-bond donors (Lipinski definition) is 0. The standard InChI is InChI=1S/C21H13Cl2NO3S2/c22-14-3-1-13(2-4-14)12-24-20(25)18(29-21(24)26)11-16-7-10-19(27-16)28-17-8-5-15(23)6-9-17/h1-11H,12H2/b18-11-. The molecule has 0 spiro atoms. The number of benzene rings is 2. The molecule has 0 N–H and O–H groups in total. The van der Waals surface area contributed by atoms with Crippen LogP contribution in [0, 0.1) is 0 Å². The highest BCUT2D eigenvalue weighted by atomic mass is 35.5. The van der Waals surface area contributed by atoms with Crippen molar-refractivity contribution in [2.24, 2.45) is 0 Å². The fourth-order valence-corrected chi connectivity index (χ4v) is 4.47. The average molecular weight is 462 g/mol. The second-order valence-corrected chi connectivity index (χ2v) is 9.05. The summed E-state index contributed by atoms with van der Waals surface area (Å²) in [5.74, 6) is 0.178. The number of hydrogen-bond acceptors (Lipinski definition) is 5. The Morgan fingerprint density at radius 1 is 0.931 bits per heavy atom. The first-order valence-electron chi connectivity index (χ1n) is 8.51. The van der Waals surface area contributed by atoms with Gasteiger partial charge in [0, 0.05) is 21.0 Å². The van der Waals surface area contributed by atoms with Gasteiger partial charge in [-0.2, -0.15) is 0 Å². The summed E-state index contributed by atoms with van der Waals surface area (Å²) in [5.41, 5.74) is 0.831. The molecule has 0 saturated carbocycles. The van der Waals surface area contributed by atoms with E-state index in [1.54, 1.807) is 36.4 Å². The van der Waals surface area contributed by atoms with Gasteiger partial charge >= 0.3 is 0 Å². The lowest BCUT2D eigenvalue weighted by Gasteiger charge is -2.12. The van der Waals surface area contributed by atoms with Gasteiger partial charge in [0.25, 0.3) is 11.1 Å². The summed E-state index contributed by atoms with van der Waals surface area (Å²) >= 11 is 14.1. The highest BCUT2D eigenvalue weighted by molar-refractivity contribution is 8.18. The molecule has 3 aromatic rings. The largest absolute Gasteiger partial charge is 0.450 e. The van der Waals surface area contributed by atoms with E-state index in [4.69, 9.17) is 27.6 Å². The number of carbonyl (C=O) groups is 2. The Morgan fingerprint density at radius 3 is 2.28 bits per heavy atom. The molecule has 146 valence electrons. The Kier molecular flexibility index (Phi) is 6.06. The molecule has 0 atom stereocenters. The first kappa shape index (κ1) is 20.2. The third-order valence-corrected chi connectivity index (χ3v) is 6.37.